The first kappa shape index (κ1) is 15.5. The van der Waals surface area contributed by atoms with E-state index < -0.39 is 0 Å². The van der Waals surface area contributed by atoms with E-state index in [2.05, 4.69) is 10.4 Å². The molecule has 124 valence electrons. The van der Waals surface area contributed by atoms with Crippen LogP contribution in [0.4, 0.5) is 5.82 Å². The van der Waals surface area contributed by atoms with E-state index in [1.54, 1.807) is 23.0 Å². The number of nitrogens with zero attached hydrogens (tertiary/aromatic N) is 2. The third-order valence-electron chi connectivity index (χ3n) is 3.97. The van der Waals surface area contributed by atoms with E-state index in [-0.39, 0.29) is 11.7 Å². The summed E-state index contributed by atoms with van der Waals surface area (Å²) in [6, 6.07) is 16.8. The Bertz CT molecular complexity index is 1070. The number of hydrogen-bond acceptors (Lipinski definition) is 3. The summed E-state index contributed by atoms with van der Waals surface area (Å²) in [5.41, 5.74) is 2.17. The van der Waals surface area contributed by atoms with E-state index in [1.807, 2.05) is 49.4 Å². The number of carbonyl (C=O) groups excluding carboxylic acids is 1. The molecule has 1 amide bonds. The maximum Gasteiger partial charge on any atom is 0.292 e. The number of aromatic nitrogens is 2. The number of benzene rings is 2. The van der Waals surface area contributed by atoms with Crippen molar-refractivity contribution in [2.45, 2.75) is 6.92 Å². The molecular formula is C19H14ClN3O2. The van der Waals surface area contributed by atoms with Crippen molar-refractivity contribution in [3.63, 3.8) is 0 Å². The molecule has 0 fully saturated rings. The first-order valence-corrected chi connectivity index (χ1v) is 8.11. The second-order valence-corrected chi connectivity index (χ2v) is 6.02. The normalized spacial score (nSPS) is 11.0. The van der Waals surface area contributed by atoms with Crippen molar-refractivity contribution in [2.24, 2.45) is 0 Å². The molecule has 0 saturated heterocycles. The fraction of sp³-hybridized carbons (Fsp3) is 0.0526. The molecule has 4 aromatic rings. The van der Waals surface area contributed by atoms with E-state index in [0.29, 0.717) is 16.4 Å². The Labute approximate surface area is 148 Å². The van der Waals surface area contributed by atoms with Crippen LogP contribution in [-0.2, 0) is 0 Å². The lowest BCUT2D eigenvalue weighted by Gasteiger charge is -2.01. The van der Waals surface area contributed by atoms with Crippen molar-refractivity contribution in [1.29, 1.82) is 0 Å². The number of furan rings is 1. The van der Waals surface area contributed by atoms with Crippen LogP contribution in [0.5, 0.6) is 0 Å². The van der Waals surface area contributed by atoms with Crippen LogP contribution >= 0.6 is 11.6 Å². The number of carbonyl (C=O) groups is 1. The van der Waals surface area contributed by atoms with Gasteiger partial charge in [-0.05, 0) is 25.1 Å². The van der Waals surface area contributed by atoms with Crippen LogP contribution in [0.1, 0.15) is 16.1 Å². The van der Waals surface area contributed by atoms with Crippen LogP contribution in [-0.4, -0.2) is 15.7 Å². The predicted octanol–water partition coefficient (Wildman–Crippen LogP) is 4.83. The van der Waals surface area contributed by atoms with Crippen molar-refractivity contribution in [1.82, 2.24) is 9.78 Å². The summed E-state index contributed by atoms with van der Waals surface area (Å²) in [7, 11) is 0. The SMILES string of the molecule is Cc1c(C(=O)Nc2ccn(-c3ccccc3)n2)oc2c(Cl)cccc12. The van der Waals surface area contributed by atoms with Gasteiger partial charge in [0.1, 0.15) is 0 Å². The van der Waals surface area contributed by atoms with Crippen molar-refractivity contribution in [2.75, 3.05) is 5.32 Å². The molecule has 0 aliphatic heterocycles. The van der Waals surface area contributed by atoms with Crippen molar-refractivity contribution in [3.8, 4) is 5.69 Å². The number of fused-ring (bicyclic) bond motifs is 1. The molecule has 0 aliphatic rings. The largest absolute Gasteiger partial charge is 0.449 e. The third-order valence-corrected chi connectivity index (χ3v) is 4.27. The highest BCUT2D eigenvalue weighted by Gasteiger charge is 2.19. The highest BCUT2D eigenvalue weighted by Crippen LogP contribution is 2.31. The summed E-state index contributed by atoms with van der Waals surface area (Å²) >= 11 is 6.14. The molecular weight excluding hydrogens is 338 g/mol. The average Bonchev–Trinajstić information content (AvgIpc) is 3.22. The number of halogens is 1. The van der Waals surface area contributed by atoms with Gasteiger partial charge in [0.15, 0.2) is 17.2 Å². The first-order chi connectivity index (χ1) is 12.1. The smallest absolute Gasteiger partial charge is 0.292 e. The molecule has 2 aromatic heterocycles. The Morgan fingerprint density at radius 3 is 2.68 bits per heavy atom. The summed E-state index contributed by atoms with van der Waals surface area (Å²) in [5.74, 6) is 0.320. The lowest BCUT2D eigenvalue weighted by Crippen LogP contribution is -2.12. The number of para-hydroxylation sites is 2. The Balaban J connectivity index is 1.62. The standard InChI is InChI=1S/C19H14ClN3O2/c1-12-14-8-5-9-15(20)18(14)25-17(12)19(24)21-16-10-11-23(22-16)13-6-3-2-4-7-13/h2-11H,1H3,(H,21,22,24). The highest BCUT2D eigenvalue weighted by molar-refractivity contribution is 6.35. The highest BCUT2D eigenvalue weighted by atomic mass is 35.5. The van der Waals surface area contributed by atoms with Gasteiger partial charge in [0.2, 0.25) is 0 Å². The van der Waals surface area contributed by atoms with Gasteiger partial charge in [-0.3, -0.25) is 4.79 Å². The molecule has 0 spiro atoms. The Hall–Kier alpha value is -3.05. The maximum atomic E-state index is 12.6. The molecule has 0 bridgehead atoms. The molecule has 25 heavy (non-hydrogen) atoms. The van der Waals surface area contributed by atoms with Gasteiger partial charge in [-0.25, -0.2) is 4.68 Å². The molecule has 0 aliphatic carbocycles. The van der Waals surface area contributed by atoms with Gasteiger partial charge in [0, 0.05) is 23.2 Å². The van der Waals surface area contributed by atoms with Gasteiger partial charge >= 0.3 is 0 Å². The van der Waals surface area contributed by atoms with Gasteiger partial charge in [-0.2, -0.15) is 5.10 Å². The molecule has 6 heteroatoms. The van der Waals surface area contributed by atoms with Crippen LogP contribution in [0, 0.1) is 6.92 Å². The van der Waals surface area contributed by atoms with E-state index in [4.69, 9.17) is 16.0 Å². The number of anilines is 1. The Morgan fingerprint density at radius 2 is 1.92 bits per heavy atom. The minimum Gasteiger partial charge on any atom is -0.449 e. The second-order valence-electron chi connectivity index (χ2n) is 5.61. The maximum absolute atomic E-state index is 12.6. The summed E-state index contributed by atoms with van der Waals surface area (Å²) in [6.07, 6.45) is 1.79. The minimum absolute atomic E-state index is 0.234. The number of rotatable bonds is 3. The quantitative estimate of drug-likeness (QED) is 0.575. The second kappa shape index (κ2) is 6.11. The van der Waals surface area contributed by atoms with E-state index in [1.165, 1.54) is 0 Å². The lowest BCUT2D eigenvalue weighted by atomic mass is 10.1. The van der Waals surface area contributed by atoms with Gasteiger partial charge in [-0.15, -0.1) is 0 Å². The van der Waals surface area contributed by atoms with E-state index >= 15 is 0 Å². The first-order valence-electron chi connectivity index (χ1n) is 7.73. The van der Waals surface area contributed by atoms with Gasteiger partial charge in [-0.1, -0.05) is 41.9 Å². The van der Waals surface area contributed by atoms with Crippen molar-refractivity contribution >= 4 is 34.3 Å². The van der Waals surface area contributed by atoms with E-state index in [0.717, 1.165) is 16.6 Å². The van der Waals surface area contributed by atoms with Crippen LogP contribution in [0.15, 0.2) is 65.2 Å². The molecule has 0 unspecified atom stereocenters. The molecule has 1 N–H and O–H groups in total. The summed E-state index contributed by atoms with van der Waals surface area (Å²) < 4.78 is 7.37. The number of nitrogens with one attached hydrogen (secondary N) is 1. The van der Waals surface area contributed by atoms with Gasteiger partial charge in [0.25, 0.3) is 5.91 Å². The molecule has 0 saturated carbocycles. The van der Waals surface area contributed by atoms with Crippen LogP contribution in [0.25, 0.3) is 16.7 Å². The minimum atomic E-state index is -0.358. The molecule has 2 aromatic carbocycles. The number of amides is 1. The van der Waals surface area contributed by atoms with Crippen molar-refractivity contribution in [3.05, 3.63) is 77.1 Å². The molecule has 5 nitrogen and oxygen atoms in total. The Morgan fingerprint density at radius 1 is 1.12 bits per heavy atom. The van der Waals surface area contributed by atoms with Crippen LogP contribution in [0.2, 0.25) is 5.02 Å². The topological polar surface area (TPSA) is 60.1 Å². The van der Waals surface area contributed by atoms with Crippen LogP contribution in [0.3, 0.4) is 0 Å². The zero-order valence-electron chi connectivity index (χ0n) is 13.4. The average molecular weight is 352 g/mol. The number of hydrogen-bond donors (Lipinski definition) is 1. The summed E-state index contributed by atoms with van der Waals surface area (Å²) in [4.78, 5) is 12.6. The number of aryl methyl sites for hydroxylation is 1. The fourth-order valence-electron chi connectivity index (χ4n) is 2.71. The molecule has 0 radical (unpaired) electrons. The van der Waals surface area contributed by atoms with Gasteiger partial charge in [0.05, 0.1) is 10.7 Å². The zero-order chi connectivity index (χ0) is 17.4. The summed E-state index contributed by atoms with van der Waals surface area (Å²) in [5, 5.41) is 8.43. The van der Waals surface area contributed by atoms with E-state index in [9.17, 15) is 4.79 Å². The van der Waals surface area contributed by atoms with Crippen LogP contribution < -0.4 is 5.32 Å². The lowest BCUT2D eigenvalue weighted by molar-refractivity contribution is 0.0997. The summed E-state index contributed by atoms with van der Waals surface area (Å²) in [6.45, 7) is 1.83. The van der Waals surface area contributed by atoms with Crippen molar-refractivity contribution < 1.29 is 9.21 Å². The fourth-order valence-corrected chi connectivity index (χ4v) is 2.93. The van der Waals surface area contributed by atoms with Gasteiger partial charge < -0.3 is 9.73 Å². The Kier molecular flexibility index (Phi) is 3.78. The molecule has 0 atom stereocenters. The third kappa shape index (κ3) is 2.79. The predicted molar refractivity (Wildman–Crippen MR) is 97.5 cm³/mol. The zero-order valence-corrected chi connectivity index (χ0v) is 14.1. The molecule has 2 heterocycles. The molecule has 4 rings (SSSR count). The monoisotopic (exact) mass is 351 g/mol.